The molecule has 0 amide bonds. The zero-order valence-corrected chi connectivity index (χ0v) is 11.2. The first-order chi connectivity index (χ1) is 8.13. The minimum absolute atomic E-state index is 0.0772. The lowest BCUT2D eigenvalue weighted by atomic mass is 10.0. The summed E-state index contributed by atoms with van der Waals surface area (Å²) >= 11 is 6.07. The molecule has 1 unspecified atom stereocenters. The maximum absolute atomic E-state index is 9.42. The highest BCUT2D eigenvalue weighted by molar-refractivity contribution is 6.30. The van der Waals surface area contributed by atoms with Crippen molar-refractivity contribution in [1.82, 2.24) is 0 Å². The standard InChI is InChI=1S/C14H20ClNO/c1-10(2)13-4-3-7-16(13)14-8-12(15)6-5-11(14)9-17/h5-6,8,10,13,17H,3-4,7,9H2,1-2H3. The van der Waals surface area contributed by atoms with E-state index in [0.29, 0.717) is 12.0 Å². The van der Waals surface area contributed by atoms with Crippen LogP contribution in [0.4, 0.5) is 5.69 Å². The predicted molar refractivity (Wildman–Crippen MR) is 72.6 cm³/mol. The van der Waals surface area contributed by atoms with Crippen molar-refractivity contribution in [2.75, 3.05) is 11.4 Å². The van der Waals surface area contributed by atoms with Crippen LogP contribution in [0.25, 0.3) is 0 Å². The number of benzene rings is 1. The maximum atomic E-state index is 9.42. The highest BCUT2D eigenvalue weighted by Gasteiger charge is 2.28. The third-order valence-electron chi connectivity index (χ3n) is 3.60. The van der Waals surface area contributed by atoms with Crippen LogP contribution in [-0.4, -0.2) is 17.7 Å². The normalized spacial score (nSPS) is 20.3. The smallest absolute Gasteiger partial charge is 0.0702 e. The molecule has 1 aliphatic rings. The summed E-state index contributed by atoms with van der Waals surface area (Å²) in [4.78, 5) is 2.40. The van der Waals surface area contributed by atoms with Crippen LogP contribution in [0.5, 0.6) is 0 Å². The molecule has 1 aliphatic heterocycles. The van der Waals surface area contributed by atoms with Gasteiger partial charge in [0.2, 0.25) is 0 Å². The van der Waals surface area contributed by atoms with E-state index >= 15 is 0 Å². The fourth-order valence-electron chi connectivity index (χ4n) is 2.72. The number of aliphatic hydroxyl groups is 1. The Morgan fingerprint density at radius 3 is 2.88 bits per heavy atom. The van der Waals surface area contributed by atoms with Gasteiger partial charge in [0.05, 0.1) is 6.61 Å². The first-order valence-electron chi connectivity index (χ1n) is 6.29. The first kappa shape index (κ1) is 12.7. The molecule has 0 saturated carbocycles. The van der Waals surface area contributed by atoms with Gasteiger partial charge < -0.3 is 10.0 Å². The molecule has 1 saturated heterocycles. The number of nitrogens with zero attached hydrogens (tertiary/aromatic N) is 1. The zero-order valence-electron chi connectivity index (χ0n) is 10.5. The van der Waals surface area contributed by atoms with Gasteiger partial charge in [0.15, 0.2) is 0 Å². The number of anilines is 1. The van der Waals surface area contributed by atoms with Crippen LogP contribution in [0, 0.1) is 5.92 Å². The summed E-state index contributed by atoms with van der Waals surface area (Å²) in [6.07, 6.45) is 2.45. The highest BCUT2D eigenvalue weighted by atomic mass is 35.5. The van der Waals surface area contributed by atoms with Gasteiger partial charge in [0.25, 0.3) is 0 Å². The van der Waals surface area contributed by atoms with Crippen molar-refractivity contribution in [3.8, 4) is 0 Å². The predicted octanol–water partition coefficient (Wildman–Crippen LogP) is 3.46. The Bertz CT molecular complexity index is 392. The summed E-state index contributed by atoms with van der Waals surface area (Å²) in [7, 11) is 0. The Morgan fingerprint density at radius 2 is 2.24 bits per heavy atom. The second-order valence-electron chi connectivity index (χ2n) is 5.08. The topological polar surface area (TPSA) is 23.5 Å². The van der Waals surface area contributed by atoms with E-state index in [1.54, 1.807) is 0 Å². The average molecular weight is 254 g/mol. The van der Waals surface area contributed by atoms with Gasteiger partial charge in [-0.25, -0.2) is 0 Å². The summed E-state index contributed by atoms with van der Waals surface area (Å²) in [5.41, 5.74) is 2.08. The third kappa shape index (κ3) is 2.58. The van der Waals surface area contributed by atoms with E-state index in [4.69, 9.17) is 11.6 Å². The molecule has 0 spiro atoms. The fraction of sp³-hybridized carbons (Fsp3) is 0.571. The van der Waals surface area contributed by atoms with Crippen LogP contribution in [0.2, 0.25) is 5.02 Å². The number of aliphatic hydroxyl groups excluding tert-OH is 1. The van der Waals surface area contributed by atoms with Gasteiger partial charge in [-0.1, -0.05) is 31.5 Å². The van der Waals surface area contributed by atoms with Crippen molar-refractivity contribution in [2.45, 2.75) is 39.3 Å². The fourth-order valence-corrected chi connectivity index (χ4v) is 2.89. The molecule has 1 fully saturated rings. The zero-order chi connectivity index (χ0) is 12.4. The lowest BCUT2D eigenvalue weighted by Crippen LogP contribution is -2.34. The lowest BCUT2D eigenvalue weighted by molar-refractivity contribution is 0.281. The van der Waals surface area contributed by atoms with E-state index in [0.717, 1.165) is 22.8 Å². The molecule has 0 aliphatic carbocycles. The van der Waals surface area contributed by atoms with Gasteiger partial charge in [-0.05, 0) is 30.9 Å². The van der Waals surface area contributed by atoms with Crippen molar-refractivity contribution in [3.05, 3.63) is 28.8 Å². The van der Waals surface area contributed by atoms with Gasteiger partial charge in [0, 0.05) is 28.9 Å². The number of hydrogen-bond acceptors (Lipinski definition) is 2. The maximum Gasteiger partial charge on any atom is 0.0702 e. The van der Waals surface area contributed by atoms with Gasteiger partial charge >= 0.3 is 0 Å². The Balaban J connectivity index is 2.35. The van der Waals surface area contributed by atoms with Crippen LogP contribution in [-0.2, 0) is 6.61 Å². The van der Waals surface area contributed by atoms with E-state index in [1.807, 2.05) is 18.2 Å². The highest BCUT2D eigenvalue weighted by Crippen LogP contribution is 2.33. The summed E-state index contributed by atoms with van der Waals surface area (Å²) in [6, 6.07) is 6.32. The summed E-state index contributed by atoms with van der Waals surface area (Å²) < 4.78 is 0. The summed E-state index contributed by atoms with van der Waals surface area (Å²) in [6.45, 7) is 5.66. The molecular weight excluding hydrogens is 234 g/mol. The molecule has 17 heavy (non-hydrogen) atoms. The van der Waals surface area contributed by atoms with Crippen LogP contribution in [0.15, 0.2) is 18.2 Å². The minimum atomic E-state index is 0.0772. The summed E-state index contributed by atoms with van der Waals surface area (Å²) in [5.74, 6) is 0.628. The van der Waals surface area contributed by atoms with Gasteiger partial charge in [-0.3, -0.25) is 0 Å². The molecule has 1 aromatic rings. The molecule has 1 aromatic carbocycles. The van der Waals surface area contributed by atoms with E-state index < -0.39 is 0 Å². The van der Waals surface area contributed by atoms with Crippen molar-refractivity contribution in [3.63, 3.8) is 0 Å². The van der Waals surface area contributed by atoms with Crippen molar-refractivity contribution >= 4 is 17.3 Å². The van der Waals surface area contributed by atoms with Crippen molar-refractivity contribution in [1.29, 1.82) is 0 Å². The van der Waals surface area contributed by atoms with Crippen LogP contribution < -0.4 is 4.90 Å². The van der Waals surface area contributed by atoms with E-state index in [9.17, 15) is 5.11 Å². The van der Waals surface area contributed by atoms with Crippen molar-refractivity contribution in [2.24, 2.45) is 5.92 Å². The molecule has 1 atom stereocenters. The molecule has 0 bridgehead atoms. The van der Waals surface area contributed by atoms with Gasteiger partial charge in [-0.2, -0.15) is 0 Å². The monoisotopic (exact) mass is 253 g/mol. The van der Waals surface area contributed by atoms with E-state index in [2.05, 4.69) is 18.7 Å². The Morgan fingerprint density at radius 1 is 1.47 bits per heavy atom. The second kappa shape index (κ2) is 5.28. The first-order valence-corrected chi connectivity index (χ1v) is 6.67. The van der Waals surface area contributed by atoms with Gasteiger partial charge in [-0.15, -0.1) is 0 Å². The van der Waals surface area contributed by atoms with Gasteiger partial charge in [0.1, 0.15) is 0 Å². The molecule has 1 N–H and O–H groups in total. The molecule has 3 heteroatoms. The quantitative estimate of drug-likeness (QED) is 0.892. The van der Waals surface area contributed by atoms with Crippen LogP contribution >= 0.6 is 11.6 Å². The largest absolute Gasteiger partial charge is 0.392 e. The molecule has 1 heterocycles. The molecule has 0 aromatic heterocycles. The van der Waals surface area contributed by atoms with Crippen LogP contribution in [0.1, 0.15) is 32.3 Å². The van der Waals surface area contributed by atoms with Crippen LogP contribution in [0.3, 0.4) is 0 Å². The Kier molecular flexibility index (Phi) is 3.95. The van der Waals surface area contributed by atoms with E-state index in [1.165, 1.54) is 12.8 Å². The SMILES string of the molecule is CC(C)C1CCCN1c1cc(Cl)ccc1CO. The Hall–Kier alpha value is -0.730. The van der Waals surface area contributed by atoms with E-state index in [-0.39, 0.29) is 6.61 Å². The minimum Gasteiger partial charge on any atom is -0.392 e. The second-order valence-corrected chi connectivity index (χ2v) is 5.51. The third-order valence-corrected chi connectivity index (χ3v) is 3.83. The molecule has 0 radical (unpaired) electrons. The number of rotatable bonds is 3. The summed E-state index contributed by atoms with van der Waals surface area (Å²) in [5, 5.41) is 10.2. The number of halogens is 1. The molecule has 2 nitrogen and oxygen atoms in total. The molecular formula is C14H20ClNO. The molecule has 94 valence electrons. The number of hydrogen-bond donors (Lipinski definition) is 1. The average Bonchev–Trinajstić information content (AvgIpc) is 2.77. The van der Waals surface area contributed by atoms with Crippen molar-refractivity contribution < 1.29 is 5.11 Å². The molecule has 2 rings (SSSR count). The Labute approximate surface area is 108 Å². The lowest BCUT2D eigenvalue weighted by Gasteiger charge is -2.31.